The summed E-state index contributed by atoms with van der Waals surface area (Å²) in [7, 11) is 1.85. The molecule has 25 heavy (non-hydrogen) atoms. The topological polar surface area (TPSA) is 61.6 Å². The first-order valence-electron chi connectivity index (χ1n) is 8.03. The Balaban J connectivity index is 1.96. The Hall–Kier alpha value is -3.21. The highest BCUT2D eigenvalue weighted by Crippen LogP contribution is 2.27. The second-order valence-corrected chi connectivity index (χ2v) is 5.78. The minimum Gasteiger partial charge on any atom is -0.507 e. The van der Waals surface area contributed by atoms with Crippen molar-refractivity contribution in [1.29, 1.82) is 0 Å². The lowest BCUT2D eigenvalue weighted by Gasteiger charge is -2.15. The van der Waals surface area contributed by atoms with Crippen LogP contribution in [0.3, 0.4) is 0 Å². The van der Waals surface area contributed by atoms with E-state index in [-0.39, 0.29) is 5.75 Å². The molecule has 3 rings (SSSR count). The van der Waals surface area contributed by atoms with Gasteiger partial charge in [-0.1, -0.05) is 42.5 Å². The van der Waals surface area contributed by atoms with Gasteiger partial charge in [0, 0.05) is 18.8 Å². The highest BCUT2D eigenvalue weighted by Gasteiger charge is 2.11. The average molecular weight is 332 g/mol. The van der Waals surface area contributed by atoms with Crippen molar-refractivity contribution >= 4 is 11.5 Å². The van der Waals surface area contributed by atoms with Crippen LogP contribution in [0.15, 0.2) is 65.8 Å². The van der Waals surface area contributed by atoms with E-state index in [9.17, 15) is 5.11 Å². The maximum atomic E-state index is 10.1. The van der Waals surface area contributed by atoms with Gasteiger partial charge in [-0.25, -0.2) is 9.97 Å². The fourth-order valence-corrected chi connectivity index (χ4v) is 2.51. The number of hydrogen-bond acceptors (Lipinski definition) is 5. The molecule has 0 spiro atoms. The molecule has 1 heterocycles. The molecular weight excluding hydrogens is 312 g/mol. The van der Waals surface area contributed by atoms with Crippen LogP contribution in [-0.2, 0) is 0 Å². The van der Waals surface area contributed by atoms with Crippen molar-refractivity contribution in [3.05, 3.63) is 71.9 Å². The fraction of sp³-hybridized carbons (Fsp3) is 0.150. The van der Waals surface area contributed by atoms with Crippen molar-refractivity contribution in [2.45, 2.75) is 13.8 Å². The minimum absolute atomic E-state index is 0.158. The molecule has 1 aromatic heterocycles. The maximum Gasteiger partial charge on any atom is 0.165 e. The lowest BCUT2D eigenvalue weighted by molar-refractivity contribution is 0.477. The molecule has 0 amide bonds. The van der Waals surface area contributed by atoms with Gasteiger partial charge in [-0.05, 0) is 31.5 Å². The smallest absolute Gasteiger partial charge is 0.165 e. The van der Waals surface area contributed by atoms with E-state index in [2.05, 4.69) is 15.1 Å². The molecule has 0 unspecified atom stereocenters. The first kappa shape index (κ1) is 16.6. The van der Waals surface area contributed by atoms with Crippen molar-refractivity contribution in [3.63, 3.8) is 0 Å². The van der Waals surface area contributed by atoms with Gasteiger partial charge in [-0.3, -0.25) is 5.01 Å². The fourth-order valence-electron chi connectivity index (χ4n) is 2.51. The first-order valence-corrected chi connectivity index (χ1v) is 8.03. The van der Waals surface area contributed by atoms with Crippen molar-refractivity contribution < 1.29 is 5.11 Å². The number of anilines is 1. The number of hydrogen-bond donors (Lipinski definition) is 1. The summed E-state index contributed by atoms with van der Waals surface area (Å²) in [4.78, 5) is 9.00. The van der Waals surface area contributed by atoms with Crippen LogP contribution < -0.4 is 5.01 Å². The van der Waals surface area contributed by atoms with Gasteiger partial charge in [0.15, 0.2) is 11.6 Å². The Morgan fingerprint density at radius 3 is 2.40 bits per heavy atom. The zero-order valence-corrected chi connectivity index (χ0v) is 14.5. The molecule has 0 aliphatic carbocycles. The van der Waals surface area contributed by atoms with E-state index in [1.807, 2.05) is 63.4 Å². The van der Waals surface area contributed by atoms with Crippen molar-refractivity contribution in [1.82, 2.24) is 9.97 Å². The molecule has 0 saturated carbocycles. The number of aromatic nitrogens is 2. The third kappa shape index (κ3) is 3.83. The van der Waals surface area contributed by atoms with Crippen LogP contribution in [0.2, 0.25) is 0 Å². The Kier molecular flexibility index (Phi) is 4.75. The molecule has 0 saturated heterocycles. The average Bonchev–Trinajstić information content (AvgIpc) is 2.62. The van der Waals surface area contributed by atoms with Crippen LogP contribution in [0.4, 0.5) is 5.82 Å². The predicted octanol–water partition coefficient (Wildman–Crippen LogP) is 4.02. The lowest BCUT2D eigenvalue weighted by Crippen LogP contribution is -2.14. The van der Waals surface area contributed by atoms with Gasteiger partial charge in [-0.2, -0.15) is 5.10 Å². The third-order valence-electron chi connectivity index (χ3n) is 3.81. The molecule has 5 heteroatoms. The Bertz CT molecular complexity index is 907. The SMILES string of the molecule is CC(=NN(C)c1cc(C)nc(-c2ccccc2O)n1)c1ccccc1. The molecule has 3 aromatic rings. The van der Waals surface area contributed by atoms with Gasteiger partial charge in [0.05, 0.1) is 11.3 Å². The number of nitrogens with zero attached hydrogens (tertiary/aromatic N) is 4. The van der Waals surface area contributed by atoms with Gasteiger partial charge in [0.2, 0.25) is 0 Å². The second kappa shape index (κ2) is 7.13. The van der Waals surface area contributed by atoms with E-state index in [1.165, 1.54) is 0 Å². The monoisotopic (exact) mass is 332 g/mol. The standard InChI is InChI=1S/C20H20N4O/c1-14-13-19(22-20(21-14)17-11-7-8-12-18(17)25)24(3)23-15(2)16-9-5-4-6-10-16/h4-13,25H,1-3H3. The Morgan fingerprint density at radius 2 is 1.68 bits per heavy atom. The normalized spacial score (nSPS) is 11.4. The van der Waals surface area contributed by atoms with Gasteiger partial charge in [0.1, 0.15) is 5.75 Å². The molecule has 0 atom stereocenters. The summed E-state index contributed by atoms with van der Waals surface area (Å²) in [5, 5.41) is 16.4. The van der Waals surface area contributed by atoms with Crippen LogP contribution in [0, 0.1) is 6.92 Å². The van der Waals surface area contributed by atoms with Crippen molar-refractivity contribution in [2.75, 3.05) is 12.1 Å². The summed E-state index contributed by atoms with van der Waals surface area (Å²) in [5.74, 6) is 1.30. The highest BCUT2D eigenvalue weighted by molar-refractivity contribution is 5.99. The quantitative estimate of drug-likeness (QED) is 0.579. The van der Waals surface area contributed by atoms with Crippen LogP contribution >= 0.6 is 0 Å². The minimum atomic E-state index is 0.158. The number of para-hydroxylation sites is 1. The van der Waals surface area contributed by atoms with Gasteiger partial charge >= 0.3 is 0 Å². The third-order valence-corrected chi connectivity index (χ3v) is 3.81. The lowest BCUT2D eigenvalue weighted by atomic mass is 10.1. The number of rotatable bonds is 4. The molecule has 0 radical (unpaired) electrons. The molecule has 0 aliphatic rings. The van der Waals surface area contributed by atoms with E-state index in [1.54, 1.807) is 23.2 Å². The molecule has 0 fully saturated rings. The van der Waals surface area contributed by atoms with Gasteiger partial charge < -0.3 is 5.11 Å². The number of phenols is 1. The van der Waals surface area contributed by atoms with Crippen molar-refractivity contribution in [3.8, 4) is 17.1 Å². The zero-order valence-electron chi connectivity index (χ0n) is 14.5. The highest BCUT2D eigenvalue weighted by atomic mass is 16.3. The van der Waals surface area contributed by atoms with Crippen LogP contribution in [0.5, 0.6) is 5.75 Å². The van der Waals surface area contributed by atoms with Crippen LogP contribution in [-0.4, -0.2) is 27.8 Å². The van der Waals surface area contributed by atoms with Crippen LogP contribution in [0.1, 0.15) is 18.2 Å². The molecule has 0 aliphatic heterocycles. The second-order valence-electron chi connectivity index (χ2n) is 5.78. The summed E-state index contributed by atoms with van der Waals surface area (Å²) in [6, 6.07) is 18.9. The zero-order chi connectivity index (χ0) is 17.8. The van der Waals surface area contributed by atoms with E-state index in [4.69, 9.17) is 0 Å². The molecule has 5 nitrogen and oxygen atoms in total. The van der Waals surface area contributed by atoms with E-state index in [0.717, 1.165) is 17.0 Å². The van der Waals surface area contributed by atoms with Gasteiger partial charge in [0.25, 0.3) is 0 Å². The maximum absolute atomic E-state index is 10.1. The summed E-state index contributed by atoms with van der Waals surface area (Å²) < 4.78 is 0. The Morgan fingerprint density at radius 1 is 1.00 bits per heavy atom. The number of aryl methyl sites for hydroxylation is 1. The first-order chi connectivity index (χ1) is 12.0. The van der Waals surface area contributed by atoms with E-state index < -0.39 is 0 Å². The van der Waals surface area contributed by atoms with E-state index in [0.29, 0.717) is 17.2 Å². The molecular formula is C20H20N4O. The largest absolute Gasteiger partial charge is 0.507 e. The molecule has 1 N–H and O–H groups in total. The predicted molar refractivity (Wildman–Crippen MR) is 101 cm³/mol. The van der Waals surface area contributed by atoms with Crippen molar-refractivity contribution in [2.24, 2.45) is 5.10 Å². The summed E-state index contributed by atoms with van der Waals surface area (Å²) in [6.07, 6.45) is 0. The number of phenolic OH excluding ortho intramolecular Hbond substituents is 1. The summed E-state index contributed by atoms with van der Waals surface area (Å²) >= 11 is 0. The van der Waals surface area contributed by atoms with E-state index >= 15 is 0 Å². The molecule has 2 aromatic carbocycles. The number of aromatic hydroxyl groups is 1. The molecule has 0 bridgehead atoms. The number of hydrazone groups is 1. The Labute approximate surface area is 147 Å². The molecule has 126 valence electrons. The van der Waals surface area contributed by atoms with Crippen LogP contribution in [0.25, 0.3) is 11.4 Å². The number of benzene rings is 2. The summed E-state index contributed by atoms with van der Waals surface area (Å²) in [5.41, 5.74) is 3.36. The van der Waals surface area contributed by atoms with Gasteiger partial charge in [-0.15, -0.1) is 0 Å². The summed E-state index contributed by atoms with van der Waals surface area (Å²) in [6.45, 7) is 3.86.